The highest BCUT2D eigenvalue weighted by Crippen LogP contribution is 2.32. The lowest BCUT2D eigenvalue weighted by Gasteiger charge is -2.26. The highest BCUT2D eigenvalue weighted by Gasteiger charge is 2.33. The van der Waals surface area contributed by atoms with Gasteiger partial charge in [-0.05, 0) is 31.2 Å². The predicted octanol–water partition coefficient (Wildman–Crippen LogP) is 2.78. The zero-order valence-electron chi connectivity index (χ0n) is 13.6. The van der Waals surface area contributed by atoms with Crippen LogP contribution in [0, 0.1) is 0 Å². The molecule has 0 unspecified atom stereocenters. The van der Waals surface area contributed by atoms with Gasteiger partial charge in [-0.1, -0.05) is 42.5 Å². The third kappa shape index (κ3) is 2.67. The van der Waals surface area contributed by atoms with E-state index in [0.717, 1.165) is 13.0 Å². The van der Waals surface area contributed by atoms with Gasteiger partial charge in [0.1, 0.15) is 0 Å². The third-order valence-corrected chi connectivity index (χ3v) is 4.72. The number of likely N-dealkylation sites (N-methyl/N-ethyl adjacent to an activating group) is 1. The van der Waals surface area contributed by atoms with Gasteiger partial charge < -0.3 is 5.32 Å². The summed E-state index contributed by atoms with van der Waals surface area (Å²) in [5, 5.41) is 4.06. The second-order valence-electron chi connectivity index (χ2n) is 6.31. The minimum atomic E-state index is -0.106. The van der Waals surface area contributed by atoms with Crippen LogP contribution >= 0.6 is 0 Å². The predicted molar refractivity (Wildman–Crippen MR) is 96.2 cm³/mol. The highest BCUT2D eigenvalue weighted by molar-refractivity contribution is 5.78. The fraction of sp³-hybridized carbons (Fsp3) is 0.263. The maximum atomic E-state index is 12.2. The Hall–Kier alpha value is -2.66. The molecule has 0 spiro atoms. The number of para-hydroxylation sites is 1. The molecule has 2 N–H and O–H groups in total. The van der Waals surface area contributed by atoms with E-state index in [-0.39, 0.29) is 17.6 Å². The van der Waals surface area contributed by atoms with Gasteiger partial charge in [0.25, 0.3) is 5.56 Å². The summed E-state index contributed by atoms with van der Waals surface area (Å²) < 4.78 is 0. The second kappa shape index (κ2) is 6.09. The smallest absolute Gasteiger partial charge is 0.260 e. The molecule has 4 rings (SSSR count). The summed E-state index contributed by atoms with van der Waals surface area (Å²) in [5.74, 6) is 0.542. The minimum absolute atomic E-state index is 0.106. The second-order valence-corrected chi connectivity index (χ2v) is 6.31. The van der Waals surface area contributed by atoms with Crippen molar-refractivity contribution in [1.82, 2.24) is 14.9 Å². The maximum Gasteiger partial charge on any atom is 0.260 e. The number of rotatable bonds is 3. The number of likely N-dealkylation sites (tertiary alicyclic amines) is 1. The molecule has 5 heteroatoms. The van der Waals surface area contributed by atoms with E-state index in [1.807, 2.05) is 24.3 Å². The van der Waals surface area contributed by atoms with Crippen LogP contribution in [-0.4, -0.2) is 34.5 Å². The zero-order chi connectivity index (χ0) is 16.5. The number of hydrogen-bond donors (Lipinski definition) is 2. The molecule has 0 bridgehead atoms. The molecule has 1 saturated heterocycles. The Morgan fingerprint density at radius 1 is 1.12 bits per heavy atom. The number of nitrogens with zero attached hydrogens (tertiary/aromatic N) is 2. The van der Waals surface area contributed by atoms with Gasteiger partial charge in [0.2, 0.25) is 5.95 Å². The molecule has 0 aliphatic carbocycles. The SMILES string of the molecule is CN1CC[C@H](Nc2nc3ccccc3c(=O)[nH]2)[C@@H]1c1ccccc1. The summed E-state index contributed by atoms with van der Waals surface area (Å²) in [6.07, 6.45) is 1.01. The third-order valence-electron chi connectivity index (χ3n) is 4.72. The number of aromatic amines is 1. The molecule has 24 heavy (non-hydrogen) atoms. The monoisotopic (exact) mass is 320 g/mol. The van der Waals surface area contributed by atoms with Crippen molar-refractivity contribution in [1.29, 1.82) is 0 Å². The van der Waals surface area contributed by atoms with E-state index in [0.29, 0.717) is 16.9 Å². The fourth-order valence-electron chi connectivity index (χ4n) is 3.57. The molecule has 5 nitrogen and oxygen atoms in total. The molecule has 2 atom stereocenters. The van der Waals surface area contributed by atoms with Gasteiger partial charge in [-0.3, -0.25) is 14.7 Å². The van der Waals surface area contributed by atoms with Crippen LogP contribution in [0.4, 0.5) is 5.95 Å². The molecule has 1 aliphatic heterocycles. The molecule has 3 aromatic rings. The highest BCUT2D eigenvalue weighted by atomic mass is 16.1. The molecular formula is C19H20N4O. The standard InChI is InChI=1S/C19H20N4O/c1-23-12-11-16(17(23)13-7-3-2-4-8-13)21-19-20-15-10-6-5-9-14(15)18(24)22-19/h2-10,16-17H,11-12H2,1H3,(H2,20,21,22,24)/t16-,17-/m0/s1. The van der Waals surface area contributed by atoms with Crippen LogP contribution in [0.25, 0.3) is 10.9 Å². The number of nitrogens with one attached hydrogen (secondary N) is 2. The summed E-state index contributed by atoms with van der Waals surface area (Å²) >= 11 is 0. The molecular weight excluding hydrogens is 300 g/mol. The first-order valence-electron chi connectivity index (χ1n) is 8.23. The molecule has 2 aromatic carbocycles. The largest absolute Gasteiger partial charge is 0.351 e. The number of benzene rings is 2. The molecule has 1 aromatic heterocycles. The van der Waals surface area contributed by atoms with Crippen molar-refractivity contribution in [2.45, 2.75) is 18.5 Å². The van der Waals surface area contributed by atoms with Crippen molar-refractivity contribution in [3.8, 4) is 0 Å². The van der Waals surface area contributed by atoms with Crippen molar-refractivity contribution >= 4 is 16.9 Å². The Balaban J connectivity index is 1.66. The number of aromatic nitrogens is 2. The lowest BCUT2D eigenvalue weighted by atomic mass is 10.0. The summed E-state index contributed by atoms with van der Waals surface area (Å²) in [6, 6.07) is 18.3. The molecule has 2 heterocycles. The van der Waals surface area contributed by atoms with Crippen molar-refractivity contribution in [3.05, 3.63) is 70.5 Å². The van der Waals surface area contributed by atoms with Crippen LogP contribution in [0.2, 0.25) is 0 Å². The normalized spacial score (nSPS) is 21.2. The van der Waals surface area contributed by atoms with Gasteiger partial charge in [-0.15, -0.1) is 0 Å². The van der Waals surface area contributed by atoms with E-state index in [9.17, 15) is 4.79 Å². The van der Waals surface area contributed by atoms with E-state index in [1.165, 1.54) is 5.56 Å². The van der Waals surface area contributed by atoms with Gasteiger partial charge in [0.05, 0.1) is 16.9 Å². The van der Waals surface area contributed by atoms with Crippen LogP contribution in [0.15, 0.2) is 59.4 Å². The van der Waals surface area contributed by atoms with Gasteiger partial charge >= 0.3 is 0 Å². The molecule has 0 radical (unpaired) electrons. The van der Waals surface area contributed by atoms with Crippen LogP contribution in [0.3, 0.4) is 0 Å². The Bertz CT molecular complexity index is 906. The number of hydrogen-bond acceptors (Lipinski definition) is 4. The van der Waals surface area contributed by atoms with Crippen molar-refractivity contribution in [2.75, 3.05) is 18.9 Å². The first-order valence-corrected chi connectivity index (χ1v) is 8.23. The minimum Gasteiger partial charge on any atom is -0.351 e. The quantitative estimate of drug-likeness (QED) is 0.779. The topological polar surface area (TPSA) is 61.0 Å². The van der Waals surface area contributed by atoms with Gasteiger partial charge in [-0.2, -0.15) is 0 Å². The van der Waals surface area contributed by atoms with Crippen LogP contribution in [-0.2, 0) is 0 Å². The average molecular weight is 320 g/mol. The fourth-order valence-corrected chi connectivity index (χ4v) is 3.57. The molecule has 1 fully saturated rings. The van der Waals surface area contributed by atoms with Crippen LogP contribution in [0.5, 0.6) is 0 Å². The first-order chi connectivity index (χ1) is 11.7. The van der Waals surface area contributed by atoms with E-state index in [4.69, 9.17) is 0 Å². The van der Waals surface area contributed by atoms with Crippen molar-refractivity contribution < 1.29 is 0 Å². The Kier molecular flexibility index (Phi) is 3.78. The van der Waals surface area contributed by atoms with E-state index < -0.39 is 0 Å². The van der Waals surface area contributed by atoms with Crippen molar-refractivity contribution in [2.24, 2.45) is 0 Å². The zero-order valence-corrected chi connectivity index (χ0v) is 13.6. The summed E-state index contributed by atoms with van der Waals surface area (Å²) in [7, 11) is 2.13. The number of H-pyrrole nitrogens is 1. The lowest BCUT2D eigenvalue weighted by molar-refractivity contribution is 0.309. The molecule has 1 aliphatic rings. The molecule has 122 valence electrons. The summed E-state index contributed by atoms with van der Waals surface area (Å²) in [5.41, 5.74) is 1.88. The summed E-state index contributed by atoms with van der Waals surface area (Å²) in [6.45, 7) is 1.01. The van der Waals surface area contributed by atoms with Gasteiger partial charge in [0.15, 0.2) is 0 Å². The maximum absolute atomic E-state index is 12.2. The first kappa shape index (κ1) is 14.9. The van der Waals surface area contributed by atoms with Crippen LogP contribution < -0.4 is 10.9 Å². The lowest BCUT2D eigenvalue weighted by Crippen LogP contribution is -2.30. The number of anilines is 1. The van der Waals surface area contributed by atoms with E-state index in [2.05, 4.69) is 51.5 Å². The summed E-state index contributed by atoms with van der Waals surface area (Å²) in [4.78, 5) is 22.0. The van der Waals surface area contributed by atoms with Gasteiger partial charge in [0, 0.05) is 12.6 Å². The van der Waals surface area contributed by atoms with Gasteiger partial charge in [-0.25, -0.2) is 4.98 Å². The van der Waals surface area contributed by atoms with E-state index >= 15 is 0 Å². The Labute approximate surface area is 140 Å². The Morgan fingerprint density at radius 3 is 2.71 bits per heavy atom. The molecule has 0 amide bonds. The van der Waals surface area contributed by atoms with Crippen molar-refractivity contribution in [3.63, 3.8) is 0 Å². The Morgan fingerprint density at radius 2 is 1.88 bits per heavy atom. The number of fused-ring (bicyclic) bond motifs is 1. The average Bonchev–Trinajstić information content (AvgIpc) is 2.96. The van der Waals surface area contributed by atoms with Crippen LogP contribution in [0.1, 0.15) is 18.0 Å². The molecule has 0 saturated carbocycles. The van der Waals surface area contributed by atoms with E-state index in [1.54, 1.807) is 6.07 Å².